The van der Waals surface area contributed by atoms with Gasteiger partial charge in [-0.25, -0.2) is 14.8 Å². The van der Waals surface area contributed by atoms with E-state index in [9.17, 15) is 14.7 Å². The minimum absolute atomic E-state index is 0.0312. The Morgan fingerprint density at radius 1 is 1.08 bits per heavy atom. The van der Waals surface area contributed by atoms with Crippen LogP contribution in [0.4, 0.5) is 5.69 Å². The summed E-state index contributed by atoms with van der Waals surface area (Å²) in [6.07, 6.45) is 5.44. The monoisotopic (exact) mass is 503 g/mol. The lowest BCUT2D eigenvalue weighted by Crippen LogP contribution is -2.42. The molecule has 7 nitrogen and oxygen atoms in total. The maximum atomic E-state index is 13.6. The van der Waals surface area contributed by atoms with Crippen molar-refractivity contribution in [1.82, 2.24) is 9.97 Å². The molecule has 0 bridgehead atoms. The summed E-state index contributed by atoms with van der Waals surface area (Å²) in [5, 5.41) is 9.99. The Morgan fingerprint density at radius 2 is 1.78 bits per heavy atom. The number of amides is 1. The molecule has 0 radical (unpaired) electrons. The van der Waals surface area contributed by atoms with Crippen molar-refractivity contribution in [2.45, 2.75) is 52.5 Å². The van der Waals surface area contributed by atoms with Crippen LogP contribution in [0.3, 0.4) is 0 Å². The van der Waals surface area contributed by atoms with Crippen molar-refractivity contribution >= 4 is 40.1 Å². The van der Waals surface area contributed by atoms with Crippen LogP contribution in [-0.2, 0) is 4.79 Å². The third kappa shape index (κ3) is 4.65. The molecule has 0 spiro atoms. The zero-order valence-corrected chi connectivity index (χ0v) is 21.4. The normalized spacial score (nSPS) is 18.0. The zero-order valence-electron chi connectivity index (χ0n) is 20.6. The van der Waals surface area contributed by atoms with Gasteiger partial charge >= 0.3 is 5.97 Å². The lowest BCUT2D eigenvalue weighted by Gasteiger charge is -2.33. The molecule has 0 saturated heterocycles. The Balaban J connectivity index is 1.46. The van der Waals surface area contributed by atoms with E-state index < -0.39 is 5.97 Å². The molecular formula is C28H29N3O4S. The van der Waals surface area contributed by atoms with Gasteiger partial charge in [-0.05, 0) is 81.3 Å². The molecule has 0 atom stereocenters. The topological polar surface area (TPSA) is 96.5 Å². The first-order valence-electron chi connectivity index (χ1n) is 12.3. The minimum Gasteiger partial charge on any atom is -0.477 e. The number of fused-ring (bicyclic) bond motifs is 1. The van der Waals surface area contributed by atoms with Gasteiger partial charge in [0, 0.05) is 28.6 Å². The number of carboxylic acids is 1. The Morgan fingerprint density at radius 3 is 2.42 bits per heavy atom. The third-order valence-electron chi connectivity index (χ3n) is 6.87. The number of hydrogen-bond acceptors (Lipinski definition) is 6. The molecule has 1 fully saturated rings. The van der Waals surface area contributed by atoms with Gasteiger partial charge in [0.2, 0.25) is 17.5 Å². The van der Waals surface area contributed by atoms with Gasteiger partial charge < -0.3 is 14.4 Å². The van der Waals surface area contributed by atoms with Crippen molar-refractivity contribution in [1.29, 1.82) is 0 Å². The molecule has 36 heavy (non-hydrogen) atoms. The lowest BCUT2D eigenvalue weighted by atomic mass is 9.82. The summed E-state index contributed by atoms with van der Waals surface area (Å²) >= 11 is 1.19. The van der Waals surface area contributed by atoms with Crippen LogP contribution in [0.15, 0.2) is 53.1 Å². The van der Waals surface area contributed by atoms with Crippen LogP contribution in [0.5, 0.6) is 0 Å². The summed E-state index contributed by atoms with van der Waals surface area (Å²) < 4.78 is 5.76. The molecule has 1 aliphatic carbocycles. The number of pyridine rings is 1. The van der Waals surface area contributed by atoms with Gasteiger partial charge in [-0.1, -0.05) is 19.1 Å². The molecular weight excluding hydrogens is 474 g/mol. The average Bonchev–Trinajstić information content (AvgIpc) is 3.49. The number of hydrogen-bond donors (Lipinski definition) is 1. The minimum atomic E-state index is -1.02. The Kier molecular flexibility index (Phi) is 6.62. The van der Waals surface area contributed by atoms with Crippen LogP contribution in [0.2, 0.25) is 0 Å². The molecule has 4 aromatic rings. The van der Waals surface area contributed by atoms with Crippen molar-refractivity contribution in [3.05, 3.63) is 53.5 Å². The Labute approximate surface area is 213 Å². The highest BCUT2D eigenvalue weighted by molar-refractivity contribution is 7.18. The molecule has 1 aromatic carbocycles. The quantitative estimate of drug-likeness (QED) is 0.308. The Hall–Kier alpha value is -3.52. The van der Waals surface area contributed by atoms with Gasteiger partial charge in [0.15, 0.2) is 0 Å². The van der Waals surface area contributed by atoms with Crippen LogP contribution in [0.25, 0.3) is 33.1 Å². The molecule has 0 unspecified atom stereocenters. The molecule has 186 valence electrons. The lowest BCUT2D eigenvalue weighted by molar-refractivity contribution is -0.123. The Bertz CT molecular complexity index is 1360. The predicted octanol–water partition coefficient (Wildman–Crippen LogP) is 6.88. The van der Waals surface area contributed by atoms with Crippen molar-refractivity contribution in [2.75, 3.05) is 4.90 Å². The van der Waals surface area contributed by atoms with Gasteiger partial charge in [0.1, 0.15) is 10.4 Å². The average molecular weight is 504 g/mol. The van der Waals surface area contributed by atoms with E-state index in [-0.39, 0.29) is 22.7 Å². The van der Waals surface area contributed by atoms with E-state index in [1.54, 1.807) is 11.1 Å². The first-order valence-corrected chi connectivity index (χ1v) is 13.2. The number of aromatic carboxylic acids is 1. The number of benzene rings is 1. The summed E-state index contributed by atoms with van der Waals surface area (Å²) in [4.78, 5) is 37.1. The van der Waals surface area contributed by atoms with Crippen LogP contribution in [0, 0.1) is 11.8 Å². The fraction of sp³-hybridized carbons (Fsp3) is 0.357. The first-order chi connectivity index (χ1) is 17.3. The maximum Gasteiger partial charge on any atom is 0.348 e. The molecule has 1 aliphatic rings. The fourth-order valence-electron chi connectivity index (χ4n) is 4.88. The molecule has 1 amide bonds. The smallest absolute Gasteiger partial charge is 0.348 e. The number of oxazole rings is 1. The van der Waals surface area contributed by atoms with Gasteiger partial charge in [-0.15, -0.1) is 11.3 Å². The van der Waals surface area contributed by atoms with Crippen LogP contribution >= 0.6 is 11.3 Å². The highest BCUT2D eigenvalue weighted by atomic mass is 32.1. The standard InChI is InChI=1S/C28H29N3O4S/c1-16(2)31(27(32)20-8-6-17(3)7-9-20)22-15-23(36-24(22)28(33)34)18-10-12-19(13-11-18)25-30-21-5-4-14-29-26(21)35-25/h4-5,10-17,20H,6-9H2,1-3H3,(H,33,34)/t17-,20-. The van der Waals surface area contributed by atoms with Crippen LogP contribution < -0.4 is 4.90 Å². The fourth-order valence-corrected chi connectivity index (χ4v) is 5.87. The SMILES string of the molecule is CC(C)N(c1cc(-c2ccc(-c3nc4cccnc4o3)cc2)sc1C(=O)O)C(=O)[C@H]1CC[C@H](C)CC1. The molecule has 3 aromatic heterocycles. The molecule has 3 heterocycles. The van der Waals surface area contributed by atoms with Crippen molar-refractivity contribution in [3.8, 4) is 21.9 Å². The second-order valence-electron chi connectivity index (χ2n) is 9.81. The summed E-state index contributed by atoms with van der Waals surface area (Å²) in [6, 6.07) is 13.0. The second kappa shape index (κ2) is 9.85. The molecule has 0 aliphatic heterocycles. The molecule has 1 N–H and O–H groups in total. The predicted molar refractivity (Wildman–Crippen MR) is 141 cm³/mol. The van der Waals surface area contributed by atoms with Crippen LogP contribution in [0.1, 0.15) is 56.1 Å². The van der Waals surface area contributed by atoms with E-state index in [0.717, 1.165) is 41.7 Å². The highest BCUT2D eigenvalue weighted by Crippen LogP contribution is 2.40. The summed E-state index contributed by atoms with van der Waals surface area (Å²) in [5.74, 6) is 0.0690. The summed E-state index contributed by atoms with van der Waals surface area (Å²) in [7, 11) is 0. The van der Waals surface area contributed by atoms with Gasteiger partial charge in [0.25, 0.3) is 0 Å². The number of rotatable bonds is 6. The van der Waals surface area contributed by atoms with E-state index in [2.05, 4.69) is 16.9 Å². The number of anilines is 1. The van der Waals surface area contributed by atoms with E-state index >= 15 is 0 Å². The molecule has 5 rings (SSSR count). The maximum absolute atomic E-state index is 13.6. The van der Waals surface area contributed by atoms with E-state index in [1.165, 1.54) is 11.3 Å². The zero-order chi connectivity index (χ0) is 25.4. The van der Waals surface area contributed by atoms with E-state index in [4.69, 9.17) is 4.42 Å². The van der Waals surface area contributed by atoms with Crippen molar-refractivity contribution in [3.63, 3.8) is 0 Å². The van der Waals surface area contributed by atoms with Gasteiger partial charge in [-0.2, -0.15) is 0 Å². The van der Waals surface area contributed by atoms with Crippen LogP contribution in [-0.4, -0.2) is 33.0 Å². The van der Waals surface area contributed by atoms with Crippen molar-refractivity contribution < 1.29 is 19.1 Å². The van der Waals surface area contributed by atoms with Gasteiger partial charge in [-0.3, -0.25) is 4.79 Å². The summed E-state index contributed by atoms with van der Waals surface area (Å²) in [5.41, 5.74) is 3.33. The first kappa shape index (κ1) is 24.2. The van der Waals surface area contributed by atoms with E-state index in [0.29, 0.717) is 28.7 Å². The largest absolute Gasteiger partial charge is 0.477 e. The number of thiophene rings is 1. The van der Waals surface area contributed by atoms with Crippen molar-refractivity contribution in [2.24, 2.45) is 11.8 Å². The molecule has 8 heteroatoms. The molecule has 1 saturated carbocycles. The number of carboxylic acid groups (broad SMARTS) is 1. The number of aromatic nitrogens is 2. The summed E-state index contributed by atoms with van der Waals surface area (Å²) in [6.45, 7) is 6.10. The number of nitrogens with zero attached hydrogens (tertiary/aromatic N) is 3. The number of carbonyl (C=O) groups excluding carboxylic acids is 1. The highest BCUT2D eigenvalue weighted by Gasteiger charge is 2.33. The number of carbonyl (C=O) groups is 2. The second-order valence-corrected chi connectivity index (χ2v) is 10.9. The third-order valence-corrected chi connectivity index (χ3v) is 8.03. The van der Waals surface area contributed by atoms with E-state index in [1.807, 2.05) is 56.3 Å². The van der Waals surface area contributed by atoms with Gasteiger partial charge in [0.05, 0.1) is 5.69 Å².